The number of benzene rings is 2. The minimum Gasteiger partial charge on any atom is -0.323 e. The maximum absolute atomic E-state index is 12.7. The van der Waals surface area contributed by atoms with Gasteiger partial charge >= 0.3 is 0 Å². The fraction of sp³-hybridized carbons (Fsp3) is 0.200. The Morgan fingerprint density at radius 2 is 1.55 bits per heavy atom. The summed E-state index contributed by atoms with van der Waals surface area (Å²) < 4.78 is 27.5. The van der Waals surface area contributed by atoms with Crippen LogP contribution in [0.2, 0.25) is 0 Å². The molecule has 2 aromatic carbocycles. The number of sulfone groups is 1. The molecule has 0 atom stereocenters. The number of pyridine rings is 1. The predicted molar refractivity (Wildman–Crippen MR) is 119 cm³/mol. The lowest BCUT2D eigenvalue weighted by Crippen LogP contribution is -2.09. The van der Waals surface area contributed by atoms with Gasteiger partial charge in [-0.25, -0.2) is 8.42 Å². The molecule has 0 aliphatic carbocycles. The summed E-state index contributed by atoms with van der Waals surface area (Å²) in [6.45, 7) is 4.20. The van der Waals surface area contributed by atoms with E-state index in [4.69, 9.17) is 0 Å². The largest absolute Gasteiger partial charge is 0.323 e. The van der Waals surface area contributed by atoms with Crippen LogP contribution in [-0.2, 0) is 16.3 Å². The third-order valence-electron chi connectivity index (χ3n) is 5.33. The van der Waals surface area contributed by atoms with Gasteiger partial charge in [-0.2, -0.15) is 0 Å². The first-order chi connectivity index (χ1) is 13.9. The number of rotatable bonds is 6. The maximum Gasteiger partial charge on any atom is 0.178 e. The molecule has 2 aromatic heterocycles. The van der Waals surface area contributed by atoms with E-state index in [1.54, 1.807) is 12.1 Å². The second kappa shape index (κ2) is 7.88. The minimum atomic E-state index is -3.30. The molecular formula is C25H25NO2S. The summed E-state index contributed by atoms with van der Waals surface area (Å²) in [7, 11) is -3.30. The van der Waals surface area contributed by atoms with Crippen LogP contribution in [0.3, 0.4) is 0 Å². The zero-order valence-corrected chi connectivity index (χ0v) is 17.6. The van der Waals surface area contributed by atoms with Gasteiger partial charge < -0.3 is 4.40 Å². The average Bonchev–Trinajstić information content (AvgIpc) is 3.16. The number of hydrogen-bond acceptors (Lipinski definition) is 2. The Kier molecular flexibility index (Phi) is 5.29. The van der Waals surface area contributed by atoms with Crippen LogP contribution in [0.25, 0.3) is 16.6 Å². The average molecular weight is 404 g/mol. The van der Waals surface area contributed by atoms with Crippen LogP contribution < -0.4 is 0 Å². The van der Waals surface area contributed by atoms with Crippen molar-refractivity contribution in [3.8, 4) is 11.1 Å². The van der Waals surface area contributed by atoms with E-state index in [1.165, 1.54) is 5.56 Å². The molecule has 0 amide bonds. The predicted octanol–water partition coefficient (Wildman–Crippen LogP) is 5.75. The zero-order valence-electron chi connectivity index (χ0n) is 16.7. The molecule has 0 aliphatic rings. The molecule has 0 N–H and O–H groups in total. The molecule has 4 rings (SSSR count). The van der Waals surface area contributed by atoms with Gasteiger partial charge in [0.05, 0.1) is 10.6 Å². The third kappa shape index (κ3) is 4.28. The van der Waals surface area contributed by atoms with Gasteiger partial charge in [0.2, 0.25) is 0 Å². The van der Waals surface area contributed by atoms with Crippen LogP contribution in [0, 0.1) is 0 Å². The highest BCUT2D eigenvalue weighted by Crippen LogP contribution is 2.23. The van der Waals surface area contributed by atoms with Crippen molar-refractivity contribution < 1.29 is 8.42 Å². The minimum absolute atomic E-state index is 0.104. The highest BCUT2D eigenvalue weighted by atomic mass is 32.2. The SMILES string of the molecule is CC(C)c1ccc(S(=O)(=O)CCc2ccc3cc(-c4ccccc4)cn3c2)cc1. The Morgan fingerprint density at radius 3 is 2.24 bits per heavy atom. The van der Waals surface area contributed by atoms with Crippen LogP contribution in [-0.4, -0.2) is 18.6 Å². The highest BCUT2D eigenvalue weighted by Gasteiger charge is 2.15. The van der Waals surface area contributed by atoms with E-state index in [0.29, 0.717) is 17.2 Å². The molecule has 0 saturated carbocycles. The Hall–Kier alpha value is -2.85. The van der Waals surface area contributed by atoms with Crippen molar-refractivity contribution in [1.82, 2.24) is 4.40 Å². The summed E-state index contributed by atoms with van der Waals surface area (Å²) in [4.78, 5) is 0.398. The Bertz CT molecular complexity index is 1220. The number of hydrogen-bond donors (Lipinski definition) is 0. The molecule has 148 valence electrons. The van der Waals surface area contributed by atoms with Gasteiger partial charge in [-0.05, 0) is 53.3 Å². The fourth-order valence-electron chi connectivity index (χ4n) is 3.52. The van der Waals surface area contributed by atoms with E-state index in [2.05, 4.69) is 42.6 Å². The molecule has 0 spiro atoms. The van der Waals surface area contributed by atoms with E-state index in [0.717, 1.165) is 22.2 Å². The van der Waals surface area contributed by atoms with Crippen LogP contribution in [0.15, 0.2) is 90.1 Å². The van der Waals surface area contributed by atoms with Crippen molar-refractivity contribution in [1.29, 1.82) is 0 Å². The lowest BCUT2D eigenvalue weighted by molar-refractivity contribution is 0.595. The first kappa shape index (κ1) is 19.5. The molecule has 29 heavy (non-hydrogen) atoms. The molecule has 0 unspecified atom stereocenters. The van der Waals surface area contributed by atoms with Crippen LogP contribution >= 0.6 is 0 Å². The van der Waals surface area contributed by atoms with E-state index in [9.17, 15) is 8.42 Å². The summed E-state index contributed by atoms with van der Waals surface area (Å²) in [6.07, 6.45) is 4.61. The van der Waals surface area contributed by atoms with Gasteiger partial charge in [0, 0.05) is 23.5 Å². The standard InChI is InChI=1S/C25H25NO2S/c1-19(2)21-9-12-25(13-10-21)29(27,28)15-14-20-8-11-24-16-23(18-26(24)17-20)22-6-4-3-5-7-22/h3-13,16-19H,14-15H2,1-2H3. The number of aryl methyl sites for hydroxylation is 1. The lowest BCUT2D eigenvalue weighted by Gasteiger charge is -2.08. The first-order valence-electron chi connectivity index (χ1n) is 9.91. The Morgan fingerprint density at radius 1 is 0.828 bits per heavy atom. The quantitative estimate of drug-likeness (QED) is 0.411. The first-order valence-corrected chi connectivity index (χ1v) is 11.6. The molecule has 0 bridgehead atoms. The highest BCUT2D eigenvalue weighted by molar-refractivity contribution is 7.91. The van der Waals surface area contributed by atoms with Gasteiger partial charge in [-0.15, -0.1) is 0 Å². The number of nitrogens with zero attached hydrogens (tertiary/aromatic N) is 1. The van der Waals surface area contributed by atoms with E-state index in [-0.39, 0.29) is 5.75 Å². The molecular weight excluding hydrogens is 378 g/mol. The molecule has 4 heteroatoms. The maximum atomic E-state index is 12.7. The molecule has 3 nitrogen and oxygen atoms in total. The van der Waals surface area contributed by atoms with Gasteiger partial charge in [0.1, 0.15) is 0 Å². The van der Waals surface area contributed by atoms with Crippen molar-refractivity contribution in [2.24, 2.45) is 0 Å². The summed E-state index contributed by atoms with van der Waals surface area (Å²) in [5.74, 6) is 0.493. The van der Waals surface area contributed by atoms with Crippen LogP contribution in [0.4, 0.5) is 0 Å². The summed E-state index contributed by atoms with van der Waals surface area (Å²) in [6, 6.07) is 23.7. The van der Waals surface area contributed by atoms with Crippen LogP contribution in [0.1, 0.15) is 30.9 Å². The summed E-state index contributed by atoms with van der Waals surface area (Å²) in [5, 5.41) is 0. The summed E-state index contributed by atoms with van der Waals surface area (Å²) >= 11 is 0. The monoisotopic (exact) mass is 403 g/mol. The molecule has 0 fully saturated rings. The second-order valence-electron chi connectivity index (χ2n) is 7.76. The molecule has 0 saturated heterocycles. The smallest absolute Gasteiger partial charge is 0.178 e. The van der Waals surface area contributed by atoms with Crippen molar-refractivity contribution >= 4 is 15.4 Å². The molecule has 4 aromatic rings. The van der Waals surface area contributed by atoms with Gasteiger partial charge in [0.15, 0.2) is 9.84 Å². The lowest BCUT2D eigenvalue weighted by atomic mass is 10.0. The Labute approximate surface area is 172 Å². The Balaban J connectivity index is 1.51. The van der Waals surface area contributed by atoms with Gasteiger partial charge in [-0.1, -0.05) is 62.4 Å². The molecule has 2 heterocycles. The van der Waals surface area contributed by atoms with Crippen molar-refractivity contribution in [3.05, 3.63) is 96.3 Å². The fourth-order valence-corrected chi connectivity index (χ4v) is 4.81. The summed E-state index contributed by atoms with van der Waals surface area (Å²) in [5.41, 5.74) is 5.58. The van der Waals surface area contributed by atoms with Crippen LogP contribution in [0.5, 0.6) is 0 Å². The van der Waals surface area contributed by atoms with E-state index < -0.39 is 9.84 Å². The molecule has 0 radical (unpaired) electrons. The van der Waals surface area contributed by atoms with E-state index in [1.807, 2.05) is 48.7 Å². The van der Waals surface area contributed by atoms with E-state index >= 15 is 0 Å². The topological polar surface area (TPSA) is 38.5 Å². The van der Waals surface area contributed by atoms with Gasteiger partial charge in [0.25, 0.3) is 0 Å². The second-order valence-corrected chi connectivity index (χ2v) is 9.87. The van der Waals surface area contributed by atoms with Crippen molar-refractivity contribution in [2.45, 2.75) is 31.1 Å². The number of fused-ring (bicyclic) bond motifs is 1. The number of aromatic nitrogens is 1. The molecule has 0 aliphatic heterocycles. The van der Waals surface area contributed by atoms with Crippen molar-refractivity contribution in [3.63, 3.8) is 0 Å². The van der Waals surface area contributed by atoms with Crippen molar-refractivity contribution in [2.75, 3.05) is 5.75 Å². The van der Waals surface area contributed by atoms with Gasteiger partial charge in [-0.3, -0.25) is 0 Å². The third-order valence-corrected chi connectivity index (χ3v) is 7.06. The normalized spacial score (nSPS) is 12.0. The zero-order chi connectivity index (χ0) is 20.4.